The summed E-state index contributed by atoms with van der Waals surface area (Å²) in [4.78, 5) is 11.0. The predicted molar refractivity (Wildman–Crippen MR) is 77.0 cm³/mol. The highest BCUT2D eigenvalue weighted by molar-refractivity contribution is 5.85. The SMILES string of the molecule is CCCCC(CNC1CCOCC1)C(=O)O.Cl.Cl. The van der Waals surface area contributed by atoms with Gasteiger partial charge in [0.1, 0.15) is 0 Å². The molecule has 1 aliphatic rings. The number of halogens is 2. The third-order valence-corrected chi connectivity index (χ3v) is 3.13. The molecule has 1 heterocycles. The van der Waals surface area contributed by atoms with Crippen LogP contribution in [0.3, 0.4) is 0 Å². The van der Waals surface area contributed by atoms with Gasteiger partial charge in [0.25, 0.3) is 0 Å². The van der Waals surface area contributed by atoms with E-state index in [-0.39, 0.29) is 30.7 Å². The molecule has 110 valence electrons. The average Bonchev–Trinajstić information content (AvgIpc) is 2.30. The molecule has 0 amide bonds. The number of hydrogen-bond acceptors (Lipinski definition) is 3. The van der Waals surface area contributed by atoms with Gasteiger partial charge in [-0.25, -0.2) is 0 Å². The molecule has 0 bridgehead atoms. The van der Waals surface area contributed by atoms with Crippen LogP contribution < -0.4 is 5.32 Å². The van der Waals surface area contributed by atoms with Crippen molar-refractivity contribution in [2.24, 2.45) is 5.92 Å². The molecule has 0 aromatic heterocycles. The van der Waals surface area contributed by atoms with Crippen molar-refractivity contribution in [3.63, 3.8) is 0 Å². The first-order chi connectivity index (χ1) is 7.74. The molecule has 1 atom stereocenters. The molecule has 6 heteroatoms. The van der Waals surface area contributed by atoms with Gasteiger partial charge in [0.05, 0.1) is 5.92 Å². The number of unbranched alkanes of at least 4 members (excludes halogenated alkanes) is 1. The summed E-state index contributed by atoms with van der Waals surface area (Å²) in [6.07, 6.45) is 4.83. The molecule has 0 aromatic rings. The van der Waals surface area contributed by atoms with E-state index >= 15 is 0 Å². The first-order valence-electron chi connectivity index (χ1n) is 6.28. The normalized spacial score (nSPS) is 17.4. The second-order valence-electron chi connectivity index (χ2n) is 4.47. The molecule has 0 aromatic carbocycles. The molecule has 1 fully saturated rings. The third-order valence-electron chi connectivity index (χ3n) is 3.13. The summed E-state index contributed by atoms with van der Waals surface area (Å²) in [7, 11) is 0. The van der Waals surface area contributed by atoms with Crippen molar-refractivity contribution in [1.82, 2.24) is 5.32 Å². The average molecular weight is 302 g/mol. The van der Waals surface area contributed by atoms with E-state index in [2.05, 4.69) is 12.2 Å². The Morgan fingerprint density at radius 1 is 1.39 bits per heavy atom. The summed E-state index contributed by atoms with van der Waals surface area (Å²) in [5.74, 6) is -0.907. The Kier molecular flexibility index (Phi) is 13.6. The van der Waals surface area contributed by atoms with Gasteiger partial charge in [-0.2, -0.15) is 0 Å². The first kappa shape index (κ1) is 20.3. The van der Waals surface area contributed by atoms with Gasteiger partial charge in [0, 0.05) is 25.8 Å². The van der Waals surface area contributed by atoms with Gasteiger partial charge < -0.3 is 15.2 Å². The molecular weight excluding hydrogens is 277 g/mol. The van der Waals surface area contributed by atoms with Crippen LogP contribution >= 0.6 is 24.8 Å². The minimum Gasteiger partial charge on any atom is -0.481 e. The number of rotatable bonds is 7. The van der Waals surface area contributed by atoms with Crippen LogP contribution in [0.1, 0.15) is 39.0 Å². The van der Waals surface area contributed by atoms with Gasteiger partial charge in [0.15, 0.2) is 0 Å². The smallest absolute Gasteiger partial charge is 0.307 e. The number of hydrogen-bond donors (Lipinski definition) is 2. The number of carboxylic acids is 1. The molecule has 4 nitrogen and oxygen atoms in total. The van der Waals surface area contributed by atoms with Gasteiger partial charge in [-0.15, -0.1) is 24.8 Å². The van der Waals surface area contributed by atoms with Crippen molar-refractivity contribution in [2.45, 2.75) is 45.1 Å². The maximum Gasteiger partial charge on any atom is 0.307 e. The van der Waals surface area contributed by atoms with Crippen molar-refractivity contribution in [1.29, 1.82) is 0 Å². The van der Waals surface area contributed by atoms with Crippen molar-refractivity contribution < 1.29 is 14.6 Å². The molecule has 1 unspecified atom stereocenters. The van der Waals surface area contributed by atoms with E-state index in [1.807, 2.05) is 0 Å². The van der Waals surface area contributed by atoms with E-state index in [1.165, 1.54) is 0 Å². The lowest BCUT2D eigenvalue weighted by Crippen LogP contribution is -2.39. The number of nitrogens with one attached hydrogen (secondary N) is 1. The van der Waals surface area contributed by atoms with Crippen LogP contribution in [-0.2, 0) is 9.53 Å². The molecule has 0 radical (unpaired) electrons. The maximum absolute atomic E-state index is 11.0. The topological polar surface area (TPSA) is 58.6 Å². The highest BCUT2D eigenvalue weighted by atomic mass is 35.5. The summed E-state index contributed by atoms with van der Waals surface area (Å²) >= 11 is 0. The highest BCUT2D eigenvalue weighted by Gasteiger charge is 2.19. The second-order valence-corrected chi connectivity index (χ2v) is 4.47. The van der Waals surface area contributed by atoms with Crippen LogP contribution in [-0.4, -0.2) is 36.9 Å². The minimum absolute atomic E-state index is 0. The standard InChI is InChI=1S/C12H23NO3.2ClH/c1-2-3-4-10(12(14)15)9-13-11-5-7-16-8-6-11;;/h10-11,13H,2-9H2,1H3,(H,14,15);2*1H. The number of ether oxygens (including phenoxy) is 1. The van der Waals surface area contributed by atoms with Gasteiger partial charge in [0.2, 0.25) is 0 Å². The van der Waals surface area contributed by atoms with Gasteiger partial charge >= 0.3 is 5.97 Å². The minimum atomic E-state index is -0.673. The Balaban J connectivity index is 0. The van der Waals surface area contributed by atoms with Gasteiger partial charge in [-0.05, 0) is 19.3 Å². The Hall–Kier alpha value is -0.0300. The number of aliphatic carboxylic acids is 1. The Labute approximate surface area is 122 Å². The molecule has 0 spiro atoms. The molecule has 0 saturated carbocycles. The van der Waals surface area contributed by atoms with Crippen LogP contribution in [0, 0.1) is 5.92 Å². The van der Waals surface area contributed by atoms with Crippen molar-refractivity contribution in [3.05, 3.63) is 0 Å². The van der Waals surface area contributed by atoms with Crippen LogP contribution in [0.25, 0.3) is 0 Å². The van der Waals surface area contributed by atoms with Crippen molar-refractivity contribution >= 4 is 30.8 Å². The highest BCUT2D eigenvalue weighted by Crippen LogP contribution is 2.11. The molecule has 1 aliphatic heterocycles. The summed E-state index contributed by atoms with van der Waals surface area (Å²) in [5, 5.41) is 12.4. The van der Waals surface area contributed by atoms with E-state index in [0.29, 0.717) is 12.6 Å². The Morgan fingerprint density at radius 3 is 2.50 bits per heavy atom. The largest absolute Gasteiger partial charge is 0.481 e. The predicted octanol–water partition coefficient (Wildman–Crippen LogP) is 2.49. The van der Waals surface area contributed by atoms with E-state index < -0.39 is 5.97 Å². The lowest BCUT2D eigenvalue weighted by molar-refractivity contribution is -0.141. The zero-order valence-corrected chi connectivity index (χ0v) is 12.5. The molecule has 1 rings (SSSR count). The number of carbonyl (C=O) groups is 1. The maximum atomic E-state index is 11.0. The first-order valence-corrected chi connectivity index (χ1v) is 6.28. The van der Waals surface area contributed by atoms with Gasteiger partial charge in [-0.3, -0.25) is 4.79 Å². The van der Waals surface area contributed by atoms with Crippen LogP contribution in [0.4, 0.5) is 0 Å². The molecule has 2 N–H and O–H groups in total. The zero-order chi connectivity index (χ0) is 11.8. The molecular formula is C12H25Cl2NO3. The molecule has 0 aliphatic carbocycles. The Morgan fingerprint density at radius 2 is 2.00 bits per heavy atom. The summed E-state index contributed by atoms with van der Waals surface area (Å²) < 4.78 is 5.26. The van der Waals surface area contributed by atoms with Crippen LogP contribution in [0.2, 0.25) is 0 Å². The van der Waals surface area contributed by atoms with Crippen molar-refractivity contribution in [3.8, 4) is 0 Å². The molecule has 18 heavy (non-hydrogen) atoms. The monoisotopic (exact) mass is 301 g/mol. The van der Waals surface area contributed by atoms with Crippen LogP contribution in [0.5, 0.6) is 0 Å². The lowest BCUT2D eigenvalue weighted by Gasteiger charge is -2.24. The quantitative estimate of drug-likeness (QED) is 0.758. The summed E-state index contributed by atoms with van der Waals surface area (Å²) in [6.45, 7) is 4.28. The van der Waals surface area contributed by atoms with E-state index in [1.54, 1.807) is 0 Å². The zero-order valence-electron chi connectivity index (χ0n) is 10.9. The Bertz CT molecular complexity index is 211. The lowest BCUT2D eigenvalue weighted by atomic mass is 10.0. The fourth-order valence-electron chi connectivity index (χ4n) is 1.97. The molecule has 1 saturated heterocycles. The fraction of sp³-hybridized carbons (Fsp3) is 0.917. The number of carboxylic acid groups (broad SMARTS) is 1. The van der Waals surface area contributed by atoms with E-state index in [9.17, 15) is 4.79 Å². The summed E-state index contributed by atoms with van der Waals surface area (Å²) in [6, 6.07) is 0.442. The third kappa shape index (κ3) is 8.14. The van der Waals surface area contributed by atoms with Crippen LogP contribution in [0.15, 0.2) is 0 Å². The van der Waals surface area contributed by atoms with E-state index in [4.69, 9.17) is 9.84 Å². The summed E-state index contributed by atoms with van der Waals surface area (Å²) in [5.41, 5.74) is 0. The fourth-order valence-corrected chi connectivity index (χ4v) is 1.97. The van der Waals surface area contributed by atoms with Gasteiger partial charge in [-0.1, -0.05) is 19.8 Å². The van der Waals surface area contributed by atoms with Crippen molar-refractivity contribution in [2.75, 3.05) is 19.8 Å². The van der Waals surface area contributed by atoms with E-state index in [0.717, 1.165) is 45.3 Å². The second kappa shape index (κ2) is 12.0.